The molecule has 0 aliphatic carbocycles. The van der Waals surface area contributed by atoms with Gasteiger partial charge in [0.2, 0.25) is 10.0 Å². The van der Waals surface area contributed by atoms with Crippen LogP contribution in [0.2, 0.25) is 0 Å². The molecule has 0 saturated heterocycles. The van der Waals surface area contributed by atoms with E-state index in [4.69, 9.17) is 5.26 Å². The van der Waals surface area contributed by atoms with Crippen molar-refractivity contribution in [3.8, 4) is 6.07 Å². The quantitative estimate of drug-likeness (QED) is 0.737. The number of nitrogens with zero attached hydrogens (tertiary/aromatic N) is 2. The molecule has 0 N–H and O–H groups in total. The zero-order valence-electron chi connectivity index (χ0n) is 10.1. The van der Waals surface area contributed by atoms with Crippen LogP contribution in [-0.2, 0) is 10.0 Å². The number of hydrogen-bond acceptors (Lipinski definition) is 3. The maximum atomic E-state index is 11.8. The van der Waals surface area contributed by atoms with E-state index in [1.165, 1.54) is 11.4 Å². The van der Waals surface area contributed by atoms with Gasteiger partial charge in [0.1, 0.15) is 0 Å². The lowest BCUT2D eigenvalue weighted by Gasteiger charge is -2.24. The molecule has 0 radical (unpaired) electrons. The molecule has 0 saturated carbocycles. The molecule has 1 atom stereocenters. The van der Waals surface area contributed by atoms with Crippen LogP contribution in [0.15, 0.2) is 0 Å². The standard InChI is InChI=1S/C10H20N2O2S/c1-9(6-11)7-12(5)15(13,14)8-10(2,3)4/h9H,7-8H2,1-5H3. The molecule has 15 heavy (non-hydrogen) atoms. The Morgan fingerprint density at radius 1 is 1.40 bits per heavy atom. The minimum Gasteiger partial charge on any atom is -0.212 e. The Kier molecular flexibility index (Phi) is 4.75. The summed E-state index contributed by atoms with van der Waals surface area (Å²) >= 11 is 0. The van der Waals surface area contributed by atoms with Gasteiger partial charge in [-0.05, 0) is 12.3 Å². The van der Waals surface area contributed by atoms with E-state index in [0.29, 0.717) is 0 Å². The van der Waals surface area contributed by atoms with Crippen molar-refractivity contribution in [3.63, 3.8) is 0 Å². The van der Waals surface area contributed by atoms with Crippen LogP contribution in [0, 0.1) is 22.7 Å². The third-order valence-electron chi connectivity index (χ3n) is 1.84. The molecule has 0 bridgehead atoms. The average molecular weight is 232 g/mol. The molecule has 5 heteroatoms. The van der Waals surface area contributed by atoms with Crippen molar-refractivity contribution in [2.75, 3.05) is 19.3 Å². The van der Waals surface area contributed by atoms with Gasteiger partial charge in [-0.3, -0.25) is 0 Å². The molecule has 88 valence electrons. The summed E-state index contributed by atoms with van der Waals surface area (Å²) in [5.74, 6) is -0.168. The summed E-state index contributed by atoms with van der Waals surface area (Å²) in [5.41, 5.74) is -0.261. The molecule has 0 heterocycles. The highest BCUT2D eigenvalue weighted by molar-refractivity contribution is 7.89. The van der Waals surface area contributed by atoms with Crippen LogP contribution in [0.4, 0.5) is 0 Å². The van der Waals surface area contributed by atoms with Crippen molar-refractivity contribution >= 4 is 10.0 Å². The van der Waals surface area contributed by atoms with Crippen molar-refractivity contribution in [2.24, 2.45) is 11.3 Å². The number of sulfonamides is 1. The van der Waals surface area contributed by atoms with Crippen LogP contribution < -0.4 is 0 Å². The molecule has 0 fully saturated rings. The second-order valence-electron chi connectivity index (χ2n) is 5.13. The van der Waals surface area contributed by atoms with Gasteiger partial charge in [0.25, 0.3) is 0 Å². The van der Waals surface area contributed by atoms with Gasteiger partial charge in [-0.1, -0.05) is 20.8 Å². The zero-order valence-corrected chi connectivity index (χ0v) is 10.9. The van der Waals surface area contributed by atoms with Crippen molar-refractivity contribution in [1.82, 2.24) is 4.31 Å². The van der Waals surface area contributed by atoms with E-state index in [1.807, 2.05) is 26.8 Å². The van der Waals surface area contributed by atoms with Crippen molar-refractivity contribution in [3.05, 3.63) is 0 Å². The minimum atomic E-state index is -3.24. The van der Waals surface area contributed by atoms with Crippen LogP contribution in [0.5, 0.6) is 0 Å². The molecule has 0 amide bonds. The molecule has 0 aliphatic rings. The predicted octanol–water partition coefficient (Wildman–Crippen LogP) is 1.45. The summed E-state index contributed by atoms with van der Waals surface area (Å²) < 4.78 is 24.9. The first-order valence-electron chi connectivity index (χ1n) is 4.92. The van der Waals surface area contributed by atoms with Crippen molar-refractivity contribution < 1.29 is 8.42 Å². The summed E-state index contributed by atoms with van der Waals surface area (Å²) in [5, 5.41) is 8.61. The molecular formula is C10H20N2O2S. The first kappa shape index (κ1) is 14.4. The second kappa shape index (κ2) is 4.95. The van der Waals surface area contributed by atoms with E-state index in [-0.39, 0.29) is 23.6 Å². The minimum absolute atomic E-state index is 0.106. The number of hydrogen-bond donors (Lipinski definition) is 0. The van der Waals surface area contributed by atoms with Crippen molar-refractivity contribution in [1.29, 1.82) is 5.26 Å². The summed E-state index contributed by atoms with van der Waals surface area (Å²) in [6, 6.07) is 2.02. The van der Waals surface area contributed by atoms with Crippen LogP contribution in [-0.4, -0.2) is 32.1 Å². The third-order valence-corrected chi connectivity index (χ3v) is 4.17. The molecule has 1 unspecified atom stereocenters. The van der Waals surface area contributed by atoms with E-state index in [2.05, 4.69) is 0 Å². The van der Waals surface area contributed by atoms with Gasteiger partial charge in [0.05, 0.1) is 17.7 Å². The van der Waals surface area contributed by atoms with Gasteiger partial charge in [-0.25, -0.2) is 12.7 Å². The molecule has 4 nitrogen and oxygen atoms in total. The van der Waals surface area contributed by atoms with E-state index < -0.39 is 10.0 Å². The van der Waals surface area contributed by atoms with Crippen LogP contribution in [0.1, 0.15) is 27.7 Å². The normalized spacial score (nSPS) is 15.0. The van der Waals surface area contributed by atoms with E-state index in [9.17, 15) is 8.42 Å². The van der Waals surface area contributed by atoms with Gasteiger partial charge in [0, 0.05) is 13.6 Å². The number of rotatable bonds is 4. The van der Waals surface area contributed by atoms with Crippen LogP contribution >= 0.6 is 0 Å². The van der Waals surface area contributed by atoms with Gasteiger partial charge in [0.15, 0.2) is 0 Å². The van der Waals surface area contributed by atoms with E-state index >= 15 is 0 Å². The monoisotopic (exact) mass is 232 g/mol. The van der Waals surface area contributed by atoms with Crippen molar-refractivity contribution in [2.45, 2.75) is 27.7 Å². The Hall–Kier alpha value is -0.600. The summed E-state index contributed by atoms with van der Waals surface area (Å²) in [4.78, 5) is 0. The molecule has 0 aromatic rings. The topological polar surface area (TPSA) is 61.2 Å². The summed E-state index contributed by atoms with van der Waals surface area (Å²) in [6.07, 6.45) is 0. The fourth-order valence-corrected chi connectivity index (χ4v) is 2.96. The van der Waals surface area contributed by atoms with Gasteiger partial charge in [-0.15, -0.1) is 0 Å². The number of nitriles is 1. The van der Waals surface area contributed by atoms with E-state index in [0.717, 1.165) is 0 Å². The average Bonchev–Trinajstić information content (AvgIpc) is 1.99. The van der Waals surface area contributed by atoms with Gasteiger partial charge >= 0.3 is 0 Å². The fraction of sp³-hybridized carbons (Fsp3) is 0.900. The fourth-order valence-electron chi connectivity index (χ4n) is 1.20. The predicted molar refractivity (Wildman–Crippen MR) is 60.6 cm³/mol. The largest absolute Gasteiger partial charge is 0.214 e. The van der Waals surface area contributed by atoms with E-state index in [1.54, 1.807) is 6.92 Å². The Bertz CT molecular complexity index is 335. The van der Waals surface area contributed by atoms with Gasteiger partial charge in [-0.2, -0.15) is 5.26 Å². The SMILES string of the molecule is CC(C#N)CN(C)S(=O)(=O)CC(C)(C)C. The molecule has 0 rings (SSSR count). The molecule has 0 aromatic heterocycles. The maximum absolute atomic E-state index is 11.8. The lowest BCUT2D eigenvalue weighted by Crippen LogP contribution is -2.36. The lowest BCUT2D eigenvalue weighted by molar-refractivity contribution is 0.407. The highest BCUT2D eigenvalue weighted by Crippen LogP contribution is 2.18. The summed E-state index contributed by atoms with van der Waals surface area (Å²) in [6.45, 7) is 7.61. The zero-order chi connectivity index (χ0) is 12.3. The highest BCUT2D eigenvalue weighted by atomic mass is 32.2. The molecular weight excluding hydrogens is 212 g/mol. The third kappa shape index (κ3) is 5.75. The summed E-state index contributed by atoms with van der Waals surface area (Å²) in [7, 11) is -1.72. The molecule has 0 aliphatic heterocycles. The Balaban J connectivity index is 4.56. The maximum Gasteiger partial charge on any atom is 0.214 e. The molecule has 0 aromatic carbocycles. The highest BCUT2D eigenvalue weighted by Gasteiger charge is 2.26. The second-order valence-corrected chi connectivity index (χ2v) is 7.20. The Morgan fingerprint density at radius 3 is 2.20 bits per heavy atom. The Morgan fingerprint density at radius 2 is 1.87 bits per heavy atom. The smallest absolute Gasteiger partial charge is 0.212 e. The first-order chi connectivity index (χ1) is 6.58. The first-order valence-corrected chi connectivity index (χ1v) is 6.53. The van der Waals surface area contributed by atoms with Crippen LogP contribution in [0.3, 0.4) is 0 Å². The molecule has 0 spiro atoms. The van der Waals surface area contributed by atoms with Gasteiger partial charge < -0.3 is 0 Å². The Labute approximate surface area is 92.9 Å². The lowest BCUT2D eigenvalue weighted by atomic mass is 10.0. The van der Waals surface area contributed by atoms with Crippen LogP contribution in [0.25, 0.3) is 0 Å².